The highest BCUT2D eigenvalue weighted by Gasteiger charge is 2.18. The van der Waals surface area contributed by atoms with Gasteiger partial charge < -0.3 is 0 Å². The third kappa shape index (κ3) is 4.50. The molecule has 0 amide bonds. The summed E-state index contributed by atoms with van der Waals surface area (Å²) in [7, 11) is -3.75. The molecule has 0 unspecified atom stereocenters. The Labute approximate surface area is 177 Å². The van der Waals surface area contributed by atoms with Crippen LogP contribution in [-0.4, -0.2) is 8.42 Å². The number of anilines is 1. The second-order valence-corrected chi connectivity index (χ2v) is 8.45. The van der Waals surface area contributed by atoms with E-state index in [2.05, 4.69) is 4.72 Å². The standard InChI is InChI=1S/C26H21NO2S/c28-30(29,27-24-17-8-3-9-18-24)26-19-11-10-16-23(26)20-25(21-12-4-1-5-13-21)22-14-6-2-7-15-22/h1-20,27H. The van der Waals surface area contributed by atoms with Crippen molar-refractivity contribution in [2.75, 3.05) is 4.72 Å². The minimum absolute atomic E-state index is 0.234. The van der Waals surface area contributed by atoms with Crippen molar-refractivity contribution in [1.82, 2.24) is 0 Å². The van der Waals surface area contributed by atoms with Crippen LogP contribution in [0.5, 0.6) is 0 Å². The van der Waals surface area contributed by atoms with E-state index in [1.807, 2.05) is 84.9 Å². The Hall–Kier alpha value is -3.63. The number of sulfonamides is 1. The van der Waals surface area contributed by atoms with Crippen LogP contribution in [0.3, 0.4) is 0 Å². The molecule has 4 aromatic carbocycles. The predicted molar refractivity (Wildman–Crippen MR) is 124 cm³/mol. The molecule has 0 aliphatic rings. The molecule has 0 radical (unpaired) electrons. The summed E-state index contributed by atoms with van der Waals surface area (Å²) in [5.74, 6) is 0. The van der Waals surface area contributed by atoms with Crippen molar-refractivity contribution in [2.24, 2.45) is 0 Å². The lowest BCUT2D eigenvalue weighted by Crippen LogP contribution is -2.14. The Morgan fingerprint density at radius 1 is 0.600 bits per heavy atom. The largest absolute Gasteiger partial charge is 0.280 e. The fourth-order valence-electron chi connectivity index (χ4n) is 3.29. The highest BCUT2D eigenvalue weighted by molar-refractivity contribution is 7.92. The van der Waals surface area contributed by atoms with E-state index in [-0.39, 0.29) is 4.90 Å². The first-order valence-electron chi connectivity index (χ1n) is 9.63. The summed E-state index contributed by atoms with van der Waals surface area (Å²) < 4.78 is 28.9. The van der Waals surface area contributed by atoms with Gasteiger partial charge in [-0.05, 0) is 46.5 Å². The van der Waals surface area contributed by atoms with Gasteiger partial charge in [0.25, 0.3) is 10.0 Å². The van der Waals surface area contributed by atoms with Gasteiger partial charge in [0, 0.05) is 5.69 Å². The highest BCUT2D eigenvalue weighted by Crippen LogP contribution is 2.29. The van der Waals surface area contributed by atoms with Gasteiger partial charge in [0.1, 0.15) is 0 Å². The molecule has 4 heteroatoms. The minimum atomic E-state index is -3.75. The molecule has 3 nitrogen and oxygen atoms in total. The molecule has 0 bridgehead atoms. The first-order chi connectivity index (χ1) is 14.6. The third-order valence-corrected chi connectivity index (χ3v) is 6.16. The first kappa shape index (κ1) is 19.7. The van der Waals surface area contributed by atoms with E-state index in [4.69, 9.17) is 0 Å². The van der Waals surface area contributed by atoms with E-state index in [1.54, 1.807) is 36.4 Å². The normalized spacial score (nSPS) is 10.9. The molecule has 1 N–H and O–H groups in total. The average Bonchev–Trinajstić information content (AvgIpc) is 2.79. The van der Waals surface area contributed by atoms with Crippen molar-refractivity contribution >= 4 is 27.4 Å². The van der Waals surface area contributed by atoms with Gasteiger partial charge >= 0.3 is 0 Å². The van der Waals surface area contributed by atoms with E-state index in [0.29, 0.717) is 11.3 Å². The van der Waals surface area contributed by atoms with Crippen molar-refractivity contribution in [3.63, 3.8) is 0 Å². The molecular weight excluding hydrogens is 390 g/mol. The maximum atomic E-state index is 13.1. The lowest BCUT2D eigenvalue weighted by Gasteiger charge is -2.13. The SMILES string of the molecule is O=S(=O)(Nc1ccccc1)c1ccccc1C=C(c1ccccc1)c1ccccc1. The van der Waals surface area contributed by atoms with Crippen LogP contribution >= 0.6 is 0 Å². The number of benzene rings is 4. The molecule has 0 heterocycles. The Morgan fingerprint density at radius 3 is 1.63 bits per heavy atom. The second kappa shape index (κ2) is 8.80. The monoisotopic (exact) mass is 411 g/mol. The second-order valence-electron chi connectivity index (χ2n) is 6.80. The predicted octanol–water partition coefficient (Wildman–Crippen LogP) is 6.08. The zero-order chi connectivity index (χ0) is 20.8. The summed E-state index contributed by atoms with van der Waals surface area (Å²) in [6.07, 6.45) is 1.93. The summed E-state index contributed by atoms with van der Waals surface area (Å²) >= 11 is 0. The summed E-state index contributed by atoms with van der Waals surface area (Å²) in [5, 5.41) is 0. The number of para-hydroxylation sites is 1. The lowest BCUT2D eigenvalue weighted by molar-refractivity contribution is 0.601. The van der Waals surface area contributed by atoms with Crippen molar-refractivity contribution in [1.29, 1.82) is 0 Å². The van der Waals surface area contributed by atoms with Crippen LogP contribution in [0.15, 0.2) is 120 Å². The molecule has 0 saturated carbocycles. The number of hydrogen-bond acceptors (Lipinski definition) is 2. The molecule has 0 spiro atoms. The van der Waals surface area contributed by atoms with E-state index < -0.39 is 10.0 Å². The fourth-order valence-corrected chi connectivity index (χ4v) is 4.54. The molecule has 0 aromatic heterocycles. The maximum absolute atomic E-state index is 13.1. The average molecular weight is 412 g/mol. The van der Waals surface area contributed by atoms with E-state index in [1.165, 1.54) is 0 Å². The zero-order valence-corrected chi connectivity index (χ0v) is 17.1. The number of rotatable bonds is 6. The molecule has 4 aromatic rings. The van der Waals surface area contributed by atoms with E-state index >= 15 is 0 Å². The Bertz CT molecular complexity index is 1210. The molecule has 30 heavy (non-hydrogen) atoms. The van der Waals surface area contributed by atoms with Gasteiger partial charge in [0.05, 0.1) is 4.90 Å². The molecule has 0 aliphatic heterocycles. The summed E-state index contributed by atoms with van der Waals surface area (Å²) in [6, 6.07) is 35.9. The molecule has 0 atom stereocenters. The zero-order valence-electron chi connectivity index (χ0n) is 16.3. The maximum Gasteiger partial charge on any atom is 0.262 e. The lowest BCUT2D eigenvalue weighted by atomic mass is 9.96. The molecule has 0 saturated heterocycles. The van der Waals surface area contributed by atoms with Crippen LogP contribution in [0.25, 0.3) is 11.6 Å². The van der Waals surface area contributed by atoms with Gasteiger partial charge in [-0.2, -0.15) is 0 Å². The van der Waals surface area contributed by atoms with E-state index in [0.717, 1.165) is 16.7 Å². The van der Waals surface area contributed by atoms with Crippen LogP contribution in [0.1, 0.15) is 16.7 Å². The van der Waals surface area contributed by atoms with Crippen LogP contribution in [0, 0.1) is 0 Å². The molecule has 148 valence electrons. The van der Waals surface area contributed by atoms with Crippen molar-refractivity contribution in [2.45, 2.75) is 4.90 Å². The smallest absolute Gasteiger partial charge is 0.262 e. The highest BCUT2D eigenvalue weighted by atomic mass is 32.2. The fraction of sp³-hybridized carbons (Fsp3) is 0. The van der Waals surface area contributed by atoms with Crippen molar-refractivity contribution in [3.8, 4) is 0 Å². The third-order valence-electron chi connectivity index (χ3n) is 4.70. The molecule has 0 aliphatic carbocycles. The first-order valence-corrected chi connectivity index (χ1v) is 11.1. The Kier molecular flexibility index (Phi) is 5.77. The molecule has 0 fully saturated rings. The summed E-state index contributed by atoms with van der Waals surface area (Å²) in [4.78, 5) is 0.234. The topological polar surface area (TPSA) is 46.2 Å². The van der Waals surface area contributed by atoms with Gasteiger partial charge in [-0.3, -0.25) is 4.72 Å². The van der Waals surface area contributed by atoms with Crippen LogP contribution in [-0.2, 0) is 10.0 Å². The van der Waals surface area contributed by atoms with Gasteiger partial charge in [-0.1, -0.05) is 97.1 Å². The quantitative estimate of drug-likeness (QED) is 0.391. The summed E-state index contributed by atoms with van der Waals surface area (Å²) in [6.45, 7) is 0. The minimum Gasteiger partial charge on any atom is -0.280 e. The van der Waals surface area contributed by atoms with E-state index in [9.17, 15) is 8.42 Å². The Balaban J connectivity index is 1.83. The van der Waals surface area contributed by atoms with Gasteiger partial charge in [0.15, 0.2) is 0 Å². The molecular formula is C26H21NO2S. The van der Waals surface area contributed by atoms with Gasteiger partial charge in [-0.25, -0.2) is 8.42 Å². The number of hydrogen-bond donors (Lipinski definition) is 1. The number of nitrogens with one attached hydrogen (secondary N) is 1. The van der Waals surface area contributed by atoms with Gasteiger partial charge in [0.2, 0.25) is 0 Å². The molecule has 4 rings (SSSR count). The summed E-state index contributed by atoms with van der Waals surface area (Å²) in [5.41, 5.74) is 4.16. The van der Waals surface area contributed by atoms with Crippen LogP contribution in [0.4, 0.5) is 5.69 Å². The van der Waals surface area contributed by atoms with Crippen molar-refractivity contribution < 1.29 is 8.42 Å². The van der Waals surface area contributed by atoms with Crippen molar-refractivity contribution in [3.05, 3.63) is 132 Å². The Morgan fingerprint density at radius 2 is 1.07 bits per heavy atom. The van der Waals surface area contributed by atoms with Gasteiger partial charge in [-0.15, -0.1) is 0 Å². The van der Waals surface area contributed by atoms with Crippen LogP contribution in [0.2, 0.25) is 0 Å². The van der Waals surface area contributed by atoms with Crippen LogP contribution < -0.4 is 4.72 Å².